The summed E-state index contributed by atoms with van der Waals surface area (Å²) in [6, 6.07) is 8.49. The Hall–Kier alpha value is -2.46. The molecule has 8 heteroatoms. The van der Waals surface area contributed by atoms with Crippen molar-refractivity contribution in [2.24, 2.45) is 0 Å². The number of halogens is 1. The molecule has 1 aliphatic rings. The highest BCUT2D eigenvalue weighted by Crippen LogP contribution is 2.29. The molecule has 2 N–H and O–H groups in total. The smallest absolute Gasteiger partial charge is 0.250 e. The van der Waals surface area contributed by atoms with Crippen molar-refractivity contribution in [3.8, 4) is 5.69 Å². The number of nitrogens with zero attached hydrogens (tertiary/aromatic N) is 5. The number of nitrogen functional groups attached to an aromatic ring is 1. The fourth-order valence-electron chi connectivity index (χ4n) is 3.31. The van der Waals surface area contributed by atoms with Gasteiger partial charge in [-0.1, -0.05) is 12.1 Å². The van der Waals surface area contributed by atoms with E-state index in [0.29, 0.717) is 11.9 Å². The third-order valence-corrected chi connectivity index (χ3v) is 6.03. The molecule has 1 aromatic carbocycles. The number of nitrogens with two attached hydrogens (primary N) is 1. The van der Waals surface area contributed by atoms with Gasteiger partial charge in [-0.2, -0.15) is 0 Å². The predicted octanol–water partition coefficient (Wildman–Crippen LogP) is 3.22. The molecule has 1 fully saturated rings. The minimum absolute atomic E-state index is 0.0511. The topological polar surface area (TPSA) is 80.3 Å². The highest BCUT2D eigenvalue weighted by molar-refractivity contribution is 14.1. The highest BCUT2D eigenvalue weighted by Gasteiger charge is 2.25. The summed E-state index contributed by atoms with van der Waals surface area (Å²) in [4.78, 5) is 25.0. The SMILES string of the molecule is CN(C(=O)C=CCN(C)C1CC1)c1cccc(-n2cc(I)c3c(N)ncnc32)c1. The lowest BCUT2D eigenvalue weighted by Crippen LogP contribution is -2.25. The maximum atomic E-state index is 12.6. The summed E-state index contributed by atoms with van der Waals surface area (Å²) in [6.07, 6.45) is 9.54. The molecule has 0 atom stereocenters. The number of anilines is 2. The van der Waals surface area contributed by atoms with Gasteiger partial charge in [0, 0.05) is 46.9 Å². The molecule has 0 unspecified atom stereocenters. The first-order valence-electron chi connectivity index (χ1n) is 9.47. The van der Waals surface area contributed by atoms with E-state index >= 15 is 0 Å². The van der Waals surface area contributed by atoms with Crippen molar-refractivity contribution in [2.75, 3.05) is 31.3 Å². The average Bonchev–Trinajstić information content (AvgIpc) is 3.51. The van der Waals surface area contributed by atoms with Gasteiger partial charge in [-0.25, -0.2) is 9.97 Å². The van der Waals surface area contributed by atoms with Gasteiger partial charge >= 0.3 is 0 Å². The Morgan fingerprint density at radius 3 is 2.90 bits per heavy atom. The second kappa shape index (κ2) is 8.11. The van der Waals surface area contributed by atoms with Crippen LogP contribution in [-0.2, 0) is 4.79 Å². The number of hydrogen-bond donors (Lipinski definition) is 1. The normalized spacial score (nSPS) is 14.2. The number of likely N-dealkylation sites (N-methyl/N-ethyl adjacent to an activating group) is 2. The number of rotatable bonds is 6. The van der Waals surface area contributed by atoms with Gasteiger partial charge < -0.3 is 10.6 Å². The minimum Gasteiger partial charge on any atom is -0.383 e. The van der Waals surface area contributed by atoms with Crippen LogP contribution in [0.3, 0.4) is 0 Å². The molecule has 2 heterocycles. The number of benzene rings is 1. The van der Waals surface area contributed by atoms with Gasteiger partial charge in [0.2, 0.25) is 5.91 Å². The van der Waals surface area contributed by atoms with Crippen LogP contribution in [0.2, 0.25) is 0 Å². The second-order valence-corrected chi connectivity index (χ2v) is 8.46. The number of carbonyl (C=O) groups excluding carboxylic acids is 1. The summed E-state index contributed by atoms with van der Waals surface area (Å²) in [7, 11) is 3.88. The van der Waals surface area contributed by atoms with Crippen LogP contribution in [0.1, 0.15) is 12.8 Å². The maximum Gasteiger partial charge on any atom is 0.250 e. The Morgan fingerprint density at radius 1 is 1.34 bits per heavy atom. The first-order valence-corrected chi connectivity index (χ1v) is 10.6. The van der Waals surface area contributed by atoms with E-state index < -0.39 is 0 Å². The molecule has 0 spiro atoms. The van der Waals surface area contributed by atoms with E-state index in [0.717, 1.165) is 32.5 Å². The second-order valence-electron chi connectivity index (χ2n) is 7.29. The number of hydrogen-bond acceptors (Lipinski definition) is 5. The van der Waals surface area contributed by atoms with Crippen molar-refractivity contribution in [3.05, 3.63) is 52.5 Å². The molecule has 150 valence electrons. The van der Waals surface area contributed by atoms with Crippen LogP contribution in [0.4, 0.5) is 11.5 Å². The fourth-order valence-corrected chi connectivity index (χ4v) is 4.11. The highest BCUT2D eigenvalue weighted by atomic mass is 127. The number of carbonyl (C=O) groups is 1. The molecule has 0 saturated heterocycles. The monoisotopic (exact) mass is 502 g/mol. The van der Waals surface area contributed by atoms with E-state index in [1.807, 2.05) is 41.1 Å². The lowest BCUT2D eigenvalue weighted by molar-refractivity contribution is -0.113. The summed E-state index contributed by atoms with van der Waals surface area (Å²) in [5, 5.41) is 0.839. The van der Waals surface area contributed by atoms with Gasteiger partial charge in [0.15, 0.2) is 5.65 Å². The average molecular weight is 502 g/mol. The molecular weight excluding hydrogens is 479 g/mol. The van der Waals surface area contributed by atoms with Crippen molar-refractivity contribution in [1.29, 1.82) is 0 Å². The Kier molecular flexibility index (Phi) is 5.55. The van der Waals surface area contributed by atoms with Crippen molar-refractivity contribution >= 4 is 51.0 Å². The summed E-state index contributed by atoms with van der Waals surface area (Å²) in [5.41, 5.74) is 8.49. The number of amides is 1. The molecule has 3 aromatic rings. The van der Waals surface area contributed by atoms with Gasteiger partial charge in [0.25, 0.3) is 0 Å². The molecule has 0 radical (unpaired) electrons. The lowest BCUT2D eigenvalue weighted by Gasteiger charge is -2.17. The third-order valence-electron chi connectivity index (χ3n) is 5.22. The van der Waals surface area contributed by atoms with Crippen molar-refractivity contribution < 1.29 is 4.79 Å². The molecule has 1 aliphatic carbocycles. The summed E-state index contributed by atoms with van der Waals surface area (Å²) in [5.74, 6) is 0.410. The minimum atomic E-state index is -0.0511. The molecule has 1 saturated carbocycles. The Balaban J connectivity index is 1.56. The van der Waals surface area contributed by atoms with Crippen molar-refractivity contribution in [1.82, 2.24) is 19.4 Å². The van der Waals surface area contributed by atoms with E-state index in [9.17, 15) is 4.79 Å². The largest absolute Gasteiger partial charge is 0.383 e. The van der Waals surface area contributed by atoms with E-state index in [-0.39, 0.29) is 5.91 Å². The van der Waals surface area contributed by atoms with E-state index in [2.05, 4.69) is 44.5 Å². The van der Waals surface area contributed by atoms with Crippen LogP contribution >= 0.6 is 22.6 Å². The van der Waals surface area contributed by atoms with Crippen LogP contribution in [0.25, 0.3) is 16.7 Å². The Morgan fingerprint density at radius 2 is 2.14 bits per heavy atom. The number of fused-ring (bicyclic) bond motifs is 1. The van der Waals surface area contributed by atoms with Crippen LogP contribution < -0.4 is 10.6 Å². The number of aromatic nitrogens is 3. The zero-order valence-electron chi connectivity index (χ0n) is 16.4. The summed E-state index contributed by atoms with van der Waals surface area (Å²) < 4.78 is 2.95. The first kappa shape index (κ1) is 19.8. The quantitative estimate of drug-likeness (QED) is 0.414. The van der Waals surface area contributed by atoms with E-state index in [4.69, 9.17) is 5.73 Å². The summed E-state index contributed by atoms with van der Waals surface area (Å²) in [6.45, 7) is 0.791. The lowest BCUT2D eigenvalue weighted by atomic mass is 10.2. The Bertz CT molecular complexity index is 1090. The van der Waals surface area contributed by atoms with Crippen molar-refractivity contribution in [3.63, 3.8) is 0 Å². The molecule has 29 heavy (non-hydrogen) atoms. The van der Waals surface area contributed by atoms with Crippen LogP contribution in [-0.4, -0.2) is 52.0 Å². The Labute approximate surface area is 183 Å². The first-order chi connectivity index (χ1) is 14.0. The van der Waals surface area contributed by atoms with Crippen LogP contribution in [0, 0.1) is 3.57 Å². The van der Waals surface area contributed by atoms with Gasteiger partial charge in [-0.05, 0) is 60.7 Å². The van der Waals surface area contributed by atoms with Gasteiger partial charge in [0.1, 0.15) is 12.1 Å². The third kappa shape index (κ3) is 4.13. The molecule has 7 nitrogen and oxygen atoms in total. The van der Waals surface area contributed by atoms with Gasteiger partial charge in [-0.3, -0.25) is 14.3 Å². The molecule has 0 aliphatic heterocycles. The zero-order chi connectivity index (χ0) is 20.5. The van der Waals surface area contributed by atoms with Gasteiger partial charge in [0.05, 0.1) is 5.39 Å². The molecule has 0 bridgehead atoms. The summed E-state index contributed by atoms with van der Waals surface area (Å²) >= 11 is 2.23. The molecule has 4 rings (SSSR count). The van der Waals surface area contributed by atoms with E-state index in [1.54, 1.807) is 18.0 Å². The fraction of sp³-hybridized carbons (Fsp3) is 0.286. The zero-order valence-corrected chi connectivity index (χ0v) is 18.6. The van der Waals surface area contributed by atoms with E-state index in [1.165, 1.54) is 19.2 Å². The van der Waals surface area contributed by atoms with Crippen molar-refractivity contribution in [2.45, 2.75) is 18.9 Å². The molecular formula is C21H23IN6O. The van der Waals surface area contributed by atoms with Crippen LogP contribution in [0.15, 0.2) is 48.9 Å². The predicted molar refractivity (Wildman–Crippen MR) is 124 cm³/mol. The standard InChI is InChI=1S/C21H23IN6O/c1-26(14-8-9-14)10-4-7-18(29)27(2)15-5-3-6-16(11-15)28-12-17(22)19-20(23)24-13-25-21(19)28/h3-7,11-14H,8-10H2,1-2H3,(H2,23,24,25). The molecule has 1 amide bonds. The van der Waals surface area contributed by atoms with Gasteiger partial charge in [-0.15, -0.1) is 0 Å². The van der Waals surface area contributed by atoms with Crippen LogP contribution in [0.5, 0.6) is 0 Å². The maximum absolute atomic E-state index is 12.6. The molecule has 2 aromatic heterocycles.